The third-order valence-electron chi connectivity index (χ3n) is 3.69. The summed E-state index contributed by atoms with van der Waals surface area (Å²) < 4.78 is 10.2. The molecule has 1 amide bonds. The minimum atomic E-state index is -0.1000. The van der Waals surface area contributed by atoms with Crippen molar-refractivity contribution in [2.75, 3.05) is 38.2 Å². The van der Waals surface area contributed by atoms with E-state index in [1.54, 1.807) is 24.3 Å². The van der Waals surface area contributed by atoms with Gasteiger partial charge in [-0.1, -0.05) is 0 Å². The van der Waals surface area contributed by atoms with Crippen LogP contribution in [0.15, 0.2) is 35.1 Å². The lowest BCUT2D eigenvalue weighted by Gasteiger charge is -2.35. The van der Waals surface area contributed by atoms with E-state index in [9.17, 15) is 4.79 Å². The van der Waals surface area contributed by atoms with Crippen LogP contribution in [0.5, 0.6) is 5.75 Å². The van der Waals surface area contributed by atoms with Crippen molar-refractivity contribution in [1.82, 2.24) is 9.88 Å². The van der Waals surface area contributed by atoms with E-state index >= 15 is 0 Å². The van der Waals surface area contributed by atoms with Gasteiger partial charge in [-0.25, -0.2) is 4.98 Å². The van der Waals surface area contributed by atoms with Gasteiger partial charge in [-0.3, -0.25) is 4.79 Å². The molecule has 1 aliphatic rings. The monoisotopic (exact) mass is 321 g/mol. The lowest BCUT2D eigenvalue weighted by molar-refractivity contribution is 0.0746. The van der Waals surface area contributed by atoms with E-state index in [1.807, 2.05) is 12.1 Å². The average Bonchev–Trinajstić information content (AvgIpc) is 3.00. The SMILES string of the molecule is COc1ccnc(N2CCN(C(=O)c3ccoc3Cl)CC2)c1. The lowest BCUT2D eigenvalue weighted by Crippen LogP contribution is -2.49. The smallest absolute Gasteiger partial charge is 0.258 e. The largest absolute Gasteiger partial charge is 0.497 e. The highest BCUT2D eigenvalue weighted by Gasteiger charge is 2.25. The highest BCUT2D eigenvalue weighted by molar-refractivity contribution is 6.32. The van der Waals surface area contributed by atoms with Crippen molar-refractivity contribution >= 4 is 23.3 Å². The van der Waals surface area contributed by atoms with Gasteiger partial charge >= 0.3 is 0 Å². The predicted molar refractivity (Wildman–Crippen MR) is 82.6 cm³/mol. The standard InChI is InChI=1S/C15H16ClN3O3/c1-21-11-2-4-17-13(10-11)18-5-7-19(8-6-18)15(20)12-3-9-22-14(12)16/h2-4,9-10H,5-8H2,1H3. The van der Waals surface area contributed by atoms with Crippen molar-refractivity contribution in [3.05, 3.63) is 41.4 Å². The Morgan fingerprint density at radius 2 is 2.09 bits per heavy atom. The van der Waals surface area contributed by atoms with E-state index in [2.05, 4.69) is 9.88 Å². The van der Waals surface area contributed by atoms with Gasteiger partial charge in [-0.05, 0) is 23.7 Å². The zero-order valence-corrected chi connectivity index (χ0v) is 12.9. The highest BCUT2D eigenvalue weighted by Crippen LogP contribution is 2.22. The topological polar surface area (TPSA) is 58.8 Å². The Balaban J connectivity index is 1.65. The number of pyridine rings is 1. The second kappa shape index (κ2) is 6.27. The maximum atomic E-state index is 12.4. The van der Waals surface area contributed by atoms with Crippen LogP contribution in [-0.2, 0) is 0 Å². The van der Waals surface area contributed by atoms with Crippen molar-refractivity contribution in [3.63, 3.8) is 0 Å². The van der Waals surface area contributed by atoms with Crippen LogP contribution in [0.3, 0.4) is 0 Å². The van der Waals surface area contributed by atoms with Gasteiger partial charge in [-0.15, -0.1) is 0 Å². The van der Waals surface area contributed by atoms with Crippen LogP contribution in [-0.4, -0.2) is 49.1 Å². The van der Waals surface area contributed by atoms with Gasteiger partial charge in [-0.2, -0.15) is 0 Å². The molecule has 0 aliphatic carbocycles. The lowest BCUT2D eigenvalue weighted by atomic mass is 10.2. The van der Waals surface area contributed by atoms with Gasteiger partial charge in [0.25, 0.3) is 5.91 Å². The Labute approximate surface area is 133 Å². The zero-order chi connectivity index (χ0) is 15.5. The fourth-order valence-corrected chi connectivity index (χ4v) is 2.65. The van der Waals surface area contributed by atoms with E-state index in [0.717, 1.165) is 11.6 Å². The Morgan fingerprint density at radius 3 is 2.73 bits per heavy atom. The van der Waals surface area contributed by atoms with Crippen LogP contribution in [0.1, 0.15) is 10.4 Å². The van der Waals surface area contributed by atoms with Crippen molar-refractivity contribution < 1.29 is 13.9 Å². The van der Waals surface area contributed by atoms with Crippen molar-refractivity contribution in [2.45, 2.75) is 0 Å². The first-order valence-corrected chi connectivity index (χ1v) is 7.34. The molecule has 0 spiro atoms. The zero-order valence-electron chi connectivity index (χ0n) is 12.2. The average molecular weight is 322 g/mol. The number of nitrogens with zero attached hydrogens (tertiary/aromatic N) is 3. The molecule has 0 radical (unpaired) electrons. The minimum Gasteiger partial charge on any atom is -0.497 e. The van der Waals surface area contributed by atoms with Crippen LogP contribution < -0.4 is 9.64 Å². The number of furan rings is 1. The van der Waals surface area contributed by atoms with Gasteiger partial charge in [0.15, 0.2) is 0 Å². The molecule has 0 aromatic carbocycles. The second-order valence-electron chi connectivity index (χ2n) is 4.94. The third kappa shape index (κ3) is 2.87. The number of hydrogen-bond acceptors (Lipinski definition) is 5. The summed E-state index contributed by atoms with van der Waals surface area (Å²) in [5.74, 6) is 1.53. The number of methoxy groups -OCH3 is 1. The third-order valence-corrected chi connectivity index (χ3v) is 3.98. The Kier molecular flexibility index (Phi) is 4.20. The molecule has 116 valence electrons. The summed E-state index contributed by atoms with van der Waals surface area (Å²) in [5.41, 5.74) is 0.412. The number of hydrogen-bond donors (Lipinski definition) is 0. The first-order valence-electron chi connectivity index (χ1n) is 6.96. The molecule has 22 heavy (non-hydrogen) atoms. The normalized spacial score (nSPS) is 15.0. The molecule has 0 saturated carbocycles. The van der Waals surface area contributed by atoms with E-state index in [-0.39, 0.29) is 11.1 Å². The molecule has 6 nitrogen and oxygen atoms in total. The van der Waals surface area contributed by atoms with Gasteiger partial charge < -0.3 is 19.0 Å². The molecule has 3 rings (SSSR count). The van der Waals surface area contributed by atoms with E-state index in [4.69, 9.17) is 20.8 Å². The number of carbonyl (C=O) groups is 1. The van der Waals surface area contributed by atoms with Crippen molar-refractivity contribution in [3.8, 4) is 5.75 Å². The summed E-state index contributed by atoms with van der Waals surface area (Å²) in [6.07, 6.45) is 3.14. The van der Waals surface area contributed by atoms with Gasteiger partial charge in [0, 0.05) is 38.4 Å². The summed E-state index contributed by atoms with van der Waals surface area (Å²) >= 11 is 5.86. The second-order valence-corrected chi connectivity index (χ2v) is 5.28. The number of ether oxygens (including phenoxy) is 1. The van der Waals surface area contributed by atoms with E-state index in [1.165, 1.54) is 6.26 Å². The Morgan fingerprint density at radius 1 is 1.32 bits per heavy atom. The first-order chi connectivity index (χ1) is 10.7. The molecule has 0 N–H and O–H groups in total. The maximum Gasteiger partial charge on any atom is 0.258 e. The number of halogens is 1. The van der Waals surface area contributed by atoms with Crippen molar-refractivity contribution in [1.29, 1.82) is 0 Å². The summed E-state index contributed by atoms with van der Waals surface area (Å²) in [6, 6.07) is 5.30. The van der Waals surface area contributed by atoms with Gasteiger partial charge in [0.05, 0.1) is 18.9 Å². The highest BCUT2D eigenvalue weighted by atomic mass is 35.5. The summed E-state index contributed by atoms with van der Waals surface area (Å²) in [5, 5.41) is 0.141. The predicted octanol–water partition coefficient (Wildman–Crippen LogP) is 2.30. The minimum absolute atomic E-state index is 0.1000. The van der Waals surface area contributed by atoms with Crippen LogP contribution in [0, 0.1) is 0 Å². The molecule has 1 fully saturated rings. The van der Waals surface area contributed by atoms with E-state index in [0.29, 0.717) is 31.7 Å². The van der Waals surface area contributed by atoms with Crippen LogP contribution in [0.2, 0.25) is 5.22 Å². The number of carbonyl (C=O) groups excluding carboxylic acids is 1. The number of rotatable bonds is 3. The molecule has 2 aromatic heterocycles. The van der Waals surface area contributed by atoms with Crippen LogP contribution in [0.25, 0.3) is 0 Å². The van der Waals surface area contributed by atoms with Crippen molar-refractivity contribution in [2.24, 2.45) is 0 Å². The van der Waals surface area contributed by atoms with Gasteiger partial charge in [0.2, 0.25) is 5.22 Å². The summed E-state index contributed by atoms with van der Waals surface area (Å²) in [4.78, 5) is 20.6. The summed E-state index contributed by atoms with van der Waals surface area (Å²) in [6.45, 7) is 2.64. The Hall–Kier alpha value is -2.21. The number of aromatic nitrogens is 1. The first kappa shape index (κ1) is 14.7. The number of anilines is 1. The number of amides is 1. The molecule has 0 atom stereocenters. The van der Waals surface area contributed by atoms with Crippen LogP contribution in [0.4, 0.5) is 5.82 Å². The molecule has 3 heterocycles. The van der Waals surface area contributed by atoms with Gasteiger partial charge in [0.1, 0.15) is 11.6 Å². The molecule has 7 heteroatoms. The van der Waals surface area contributed by atoms with E-state index < -0.39 is 0 Å². The molecule has 1 aliphatic heterocycles. The molecule has 1 saturated heterocycles. The molecule has 0 unspecified atom stereocenters. The van der Waals surface area contributed by atoms with Crippen LogP contribution >= 0.6 is 11.6 Å². The fraction of sp³-hybridized carbons (Fsp3) is 0.333. The molecule has 2 aromatic rings. The Bertz CT molecular complexity index is 666. The molecular formula is C15H16ClN3O3. The quantitative estimate of drug-likeness (QED) is 0.868. The fourth-order valence-electron chi connectivity index (χ4n) is 2.45. The molecular weight excluding hydrogens is 306 g/mol. The number of piperazine rings is 1. The summed E-state index contributed by atoms with van der Waals surface area (Å²) in [7, 11) is 1.63. The molecule has 0 bridgehead atoms. The maximum absolute atomic E-state index is 12.4.